The molecule has 0 unspecified atom stereocenters. The SMILES string of the molecule is O=C(O)c1cnn(C2CCN(C(=O)Cc3ccc(OC(F)(F)F)cc3)CC2)c1. The zero-order valence-electron chi connectivity index (χ0n) is 14.7. The van der Waals surface area contributed by atoms with Crippen molar-refractivity contribution in [3.63, 3.8) is 0 Å². The van der Waals surface area contributed by atoms with Crippen LogP contribution in [0.4, 0.5) is 13.2 Å². The molecule has 3 rings (SSSR count). The van der Waals surface area contributed by atoms with Crippen molar-refractivity contribution in [3.05, 3.63) is 47.8 Å². The van der Waals surface area contributed by atoms with Crippen LogP contribution in [-0.4, -0.2) is 51.1 Å². The maximum atomic E-state index is 12.4. The van der Waals surface area contributed by atoms with Gasteiger partial charge in [-0.25, -0.2) is 4.79 Å². The molecule has 0 saturated carbocycles. The topological polar surface area (TPSA) is 84.7 Å². The van der Waals surface area contributed by atoms with Gasteiger partial charge < -0.3 is 14.7 Å². The van der Waals surface area contributed by atoms with Gasteiger partial charge in [0.05, 0.1) is 24.2 Å². The summed E-state index contributed by atoms with van der Waals surface area (Å²) in [5.74, 6) is -1.48. The second-order valence-corrected chi connectivity index (χ2v) is 6.49. The molecule has 0 radical (unpaired) electrons. The van der Waals surface area contributed by atoms with Gasteiger partial charge in [-0.05, 0) is 30.5 Å². The number of ether oxygens (including phenoxy) is 1. The largest absolute Gasteiger partial charge is 0.573 e. The molecule has 0 spiro atoms. The van der Waals surface area contributed by atoms with Crippen molar-refractivity contribution in [2.75, 3.05) is 13.1 Å². The summed E-state index contributed by atoms with van der Waals surface area (Å²) >= 11 is 0. The number of rotatable bonds is 5. The third-order valence-corrected chi connectivity index (χ3v) is 4.55. The minimum Gasteiger partial charge on any atom is -0.478 e. The van der Waals surface area contributed by atoms with Gasteiger partial charge >= 0.3 is 12.3 Å². The number of halogens is 3. The maximum absolute atomic E-state index is 12.4. The first-order valence-corrected chi connectivity index (χ1v) is 8.61. The number of alkyl halides is 3. The first-order valence-electron chi connectivity index (χ1n) is 8.61. The molecule has 1 N–H and O–H groups in total. The highest BCUT2D eigenvalue weighted by Gasteiger charge is 2.31. The van der Waals surface area contributed by atoms with E-state index in [9.17, 15) is 22.8 Å². The van der Waals surface area contributed by atoms with Crippen LogP contribution in [0.25, 0.3) is 0 Å². The standard InChI is InChI=1S/C18H18F3N3O4/c19-18(20,21)28-15-3-1-12(2-4-15)9-16(25)23-7-5-14(6-8-23)24-11-13(10-22-24)17(26)27/h1-4,10-11,14H,5-9H2,(H,26,27). The van der Waals surface area contributed by atoms with Crippen LogP contribution in [0.2, 0.25) is 0 Å². The van der Waals surface area contributed by atoms with Gasteiger partial charge in [0.25, 0.3) is 0 Å². The van der Waals surface area contributed by atoms with E-state index in [0.717, 1.165) is 0 Å². The van der Waals surface area contributed by atoms with Crippen molar-refractivity contribution in [1.82, 2.24) is 14.7 Å². The number of aromatic carboxylic acids is 1. The van der Waals surface area contributed by atoms with E-state index in [1.165, 1.54) is 36.7 Å². The zero-order chi connectivity index (χ0) is 20.3. The summed E-state index contributed by atoms with van der Waals surface area (Å²) in [6.07, 6.45) is -0.597. The second-order valence-electron chi connectivity index (χ2n) is 6.49. The van der Waals surface area contributed by atoms with Gasteiger partial charge in [-0.3, -0.25) is 9.48 Å². The monoisotopic (exact) mass is 397 g/mol. The molecule has 1 aromatic heterocycles. The molecule has 0 atom stereocenters. The first-order chi connectivity index (χ1) is 13.2. The predicted octanol–water partition coefficient (Wildman–Crippen LogP) is 2.89. The van der Waals surface area contributed by atoms with Crippen LogP contribution in [-0.2, 0) is 11.2 Å². The van der Waals surface area contributed by atoms with Gasteiger partial charge in [0.15, 0.2) is 0 Å². The van der Waals surface area contributed by atoms with E-state index in [-0.39, 0.29) is 29.7 Å². The van der Waals surface area contributed by atoms with Crippen LogP contribution in [0.3, 0.4) is 0 Å². The summed E-state index contributed by atoms with van der Waals surface area (Å²) in [6.45, 7) is 1.00. The number of carboxylic acids is 1. The lowest BCUT2D eigenvalue weighted by atomic mass is 10.0. The smallest absolute Gasteiger partial charge is 0.478 e. The number of hydrogen-bond acceptors (Lipinski definition) is 4. The van der Waals surface area contributed by atoms with Crippen LogP contribution < -0.4 is 4.74 Å². The molecule has 1 fully saturated rings. The molecule has 1 aliphatic rings. The van der Waals surface area contributed by atoms with E-state index in [4.69, 9.17) is 5.11 Å². The van der Waals surface area contributed by atoms with Crippen LogP contribution in [0.5, 0.6) is 5.75 Å². The average molecular weight is 397 g/mol. The first kappa shape index (κ1) is 19.7. The summed E-state index contributed by atoms with van der Waals surface area (Å²) in [6, 6.07) is 5.25. The number of benzene rings is 1. The molecule has 7 nitrogen and oxygen atoms in total. The van der Waals surface area contributed by atoms with E-state index in [0.29, 0.717) is 31.5 Å². The minimum atomic E-state index is -4.75. The Kier molecular flexibility index (Phi) is 5.57. The van der Waals surface area contributed by atoms with Gasteiger partial charge in [0.2, 0.25) is 5.91 Å². The molecule has 150 valence electrons. The number of carboxylic acid groups (broad SMARTS) is 1. The highest BCUT2D eigenvalue weighted by Crippen LogP contribution is 2.24. The van der Waals surface area contributed by atoms with E-state index in [1.54, 1.807) is 9.58 Å². The Morgan fingerprint density at radius 2 is 1.82 bits per heavy atom. The zero-order valence-corrected chi connectivity index (χ0v) is 14.7. The van der Waals surface area contributed by atoms with Crippen molar-refractivity contribution in [1.29, 1.82) is 0 Å². The lowest BCUT2D eigenvalue weighted by Crippen LogP contribution is -2.40. The number of amides is 1. The number of carbonyl (C=O) groups is 2. The van der Waals surface area contributed by atoms with E-state index < -0.39 is 12.3 Å². The Bertz CT molecular complexity index is 841. The number of nitrogens with zero attached hydrogens (tertiary/aromatic N) is 3. The Morgan fingerprint density at radius 3 is 2.36 bits per heavy atom. The molecular weight excluding hydrogens is 379 g/mol. The lowest BCUT2D eigenvalue weighted by molar-refractivity contribution is -0.274. The van der Waals surface area contributed by atoms with E-state index >= 15 is 0 Å². The van der Waals surface area contributed by atoms with Crippen LogP contribution in [0.15, 0.2) is 36.7 Å². The Labute approximate surface area is 158 Å². The van der Waals surface area contributed by atoms with E-state index in [2.05, 4.69) is 9.84 Å². The molecule has 10 heteroatoms. The van der Waals surface area contributed by atoms with E-state index in [1.807, 2.05) is 0 Å². The van der Waals surface area contributed by atoms with Crippen LogP contribution in [0.1, 0.15) is 34.8 Å². The fourth-order valence-electron chi connectivity index (χ4n) is 3.12. The van der Waals surface area contributed by atoms with Gasteiger partial charge in [0.1, 0.15) is 5.75 Å². The maximum Gasteiger partial charge on any atom is 0.573 e. The fourth-order valence-corrected chi connectivity index (χ4v) is 3.12. The predicted molar refractivity (Wildman–Crippen MR) is 90.9 cm³/mol. The third-order valence-electron chi connectivity index (χ3n) is 4.55. The molecule has 2 heterocycles. The molecule has 28 heavy (non-hydrogen) atoms. The second kappa shape index (κ2) is 7.91. The van der Waals surface area contributed by atoms with Crippen molar-refractivity contribution in [3.8, 4) is 5.75 Å². The quantitative estimate of drug-likeness (QED) is 0.839. The average Bonchev–Trinajstić information content (AvgIpc) is 3.13. The Hall–Kier alpha value is -3.04. The molecule has 0 bridgehead atoms. The molecular formula is C18H18F3N3O4. The normalized spacial score (nSPS) is 15.5. The van der Waals surface area contributed by atoms with Crippen molar-refractivity contribution < 1.29 is 32.6 Å². The Balaban J connectivity index is 1.51. The number of piperidine rings is 1. The van der Waals surface area contributed by atoms with Crippen molar-refractivity contribution in [2.24, 2.45) is 0 Å². The summed E-state index contributed by atoms with van der Waals surface area (Å²) in [5, 5.41) is 13.0. The van der Waals surface area contributed by atoms with Gasteiger partial charge in [0, 0.05) is 19.3 Å². The van der Waals surface area contributed by atoms with Crippen LogP contribution in [0, 0.1) is 0 Å². The summed E-state index contributed by atoms with van der Waals surface area (Å²) < 4.78 is 41.9. The summed E-state index contributed by atoms with van der Waals surface area (Å²) in [4.78, 5) is 25.1. The highest BCUT2D eigenvalue weighted by molar-refractivity contribution is 5.86. The van der Waals surface area contributed by atoms with Crippen molar-refractivity contribution >= 4 is 11.9 Å². The Morgan fingerprint density at radius 1 is 1.18 bits per heavy atom. The summed E-state index contributed by atoms with van der Waals surface area (Å²) in [7, 11) is 0. The highest BCUT2D eigenvalue weighted by atomic mass is 19.4. The third kappa shape index (κ3) is 5.02. The molecule has 1 aliphatic heterocycles. The minimum absolute atomic E-state index is 0.0240. The number of hydrogen-bond donors (Lipinski definition) is 1. The molecule has 1 saturated heterocycles. The number of likely N-dealkylation sites (tertiary alicyclic amines) is 1. The number of carbonyl (C=O) groups excluding carboxylic acids is 1. The van der Waals surface area contributed by atoms with Gasteiger partial charge in [-0.1, -0.05) is 12.1 Å². The lowest BCUT2D eigenvalue weighted by Gasteiger charge is -2.32. The molecule has 0 aliphatic carbocycles. The van der Waals surface area contributed by atoms with Crippen molar-refractivity contribution in [2.45, 2.75) is 31.7 Å². The molecule has 2 aromatic rings. The number of aromatic nitrogens is 2. The van der Waals surface area contributed by atoms with Gasteiger partial charge in [-0.2, -0.15) is 5.10 Å². The molecule has 1 aromatic carbocycles. The van der Waals surface area contributed by atoms with Gasteiger partial charge in [-0.15, -0.1) is 13.2 Å². The fraction of sp³-hybridized carbons (Fsp3) is 0.389. The van der Waals surface area contributed by atoms with Crippen LogP contribution >= 0.6 is 0 Å². The summed E-state index contributed by atoms with van der Waals surface area (Å²) in [5.41, 5.74) is 0.719. The molecule has 1 amide bonds.